The molecule has 18 heavy (non-hydrogen) atoms. The number of aryl methyl sites for hydroxylation is 1. The largest absolute Gasteiger partial charge is 0.265 e. The van der Waals surface area contributed by atoms with Crippen molar-refractivity contribution in [3.8, 4) is 12.3 Å². The molecule has 1 aromatic heterocycles. The van der Waals surface area contributed by atoms with Crippen LogP contribution in [0.25, 0.3) is 0 Å². The van der Waals surface area contributed by atoms with Gasteiger partial charge in [0.2, 0.25) is 10.0 Å². The Labute approximate surface area is 109 Å². The molecule has 0 spiro atoms. The molecule has 1 rings (SSSR count). The molecule has 0 aliphatic rings. The number of unbranched alkanes of at least 4 members (excludes halogenated alkanes) is 2. The van der Waals surface area contributed by atoms with E-state index in [1.807, 2.05) is 12.1 Å². The lowest BCUT2D eigenvalue weighted by atomic mass is 10.2. The van der Waals surface area contributed by atoms with Crippen LogP contribution >= 0.6 is 0 Å². The van der Waals surface area contributed by atoms with Gasteiger partial charge in [-0.3, -0.25) is 4.98 Å². The summed E-state index contributed by atoms with van der Waals surface area (Å²) in [7, 11) is -3.19. The summed E-state index contributed by atoms with van der Waals surface area (Å²) in [6.45, 7) is 0.459. The molecule has 1 heterocycles. The van der Waals surface area contributed by atoms with E-state index in [-0.39, 0.29) is 5.75 Å². The molecule has 0 atom stereocenters. The number of rotatable bonds is 8. The van der Waals surface area contributed by atoms with E-state index in [4.69, 9.17) is 6.42 Å². The van der Waals surface area contributed by atoms with Gasteiger partial charge in [0.25, 0.3) is 0 Å². The predicted octanol–water partition coefficient (Wildman–Crippen LogP) is 1.35. The van der Waals surface area contributed by atoms with Crippen LogP contribution in [0.1, 0.15) is 24.8 Å². The fourth-order valence-electron chi connectivity index (χ4n) is 1.45. The van der Waals surface area contributed by atoms with Crippen LogP contribution in [0.2, 0.25) is 0 Å². The lowest BCUT2D eigenvalue weighted by Gasteiger charge is -2.06. The monoisotopic (exact) mass is 266 g/mol. The lowest BCUT2D eigenvalue weighted by molar-refractivity contribution is 0.576. The molecule has 0 amide bonds. The molecule has 0 saturated heterocycles. The SMILES string of the molecule is C#CCCCCNS(=O)(=O)CCc1ccncc1. The molecule has 0 aromatic carbocycles. The third kappa shape index (κ3) is 6.38. The van der Waals surface area contributed by atoms with Crippen LogP contribution < -0.4 is 4.72 Å². The molecule has 0 aliphatic carbocycles. The van der Waals surface area contributed by atoms with Gasteiger partial charge in [0, 0.05) is 25.4 Å². The van der Waals surface area contributed by atoms with Crippen LogP contribution in [-0.4, -0.2) is 25.7 Å². The zero-order chi connectivity index (χ0) is 13.3. The average molecular weight is 266 g/mol. The standard InChI is InChI=1S/C13H18N2O2S/c1-2-3-4-5-9-15-18(16,17)12-8-13-6-10-14-11-7-13/h1,6-7,10-11,15H,3-5,8-9,12H2. The van der Waals surface area contributed by atoms with Gasteiger partial charge in [-0.05, 0) is 37.0 Å². The van der Waals surface area contributed by atoms with Gasteiger partial charge < -0.3 is 0 Å². The van der Waals surface area contributed by atoms with Crippen LogP contribution in [0.3, 0.4) is 0 Å². The second-order valence-electron chi connectivity index (χ2n) is 3.98. The van der Waals surface area contributed by atoms with E-state index in [1.54, 1.807) is 12.4 Å². The number of hydrogen-bond acceptors (Lipinski definition) is 3. The number of terminal acetylenes is 1. The highest BCUT2D eigenvalue weighted by Crippen LogP contribution is 2.00. The second kappa shape index (κ2) is 7.85. The summed E-state index contributed by atoms with van der Waals surface area (Å²) in [6, 6.07) is 3.64. The van der Waals surface area contributed by atoms with E-state index in [0.29, 0.717) is 19.4 Å². The van der Waals surface area contributed by atoms with Gasteiger partial charge in [-0.15, -0.1) is 12.3 Å². The van der Waals surface area contributed by atoms with Crippen LogP contribution in [0, 0.1) is 12.3 Å². The molecule has 98 valence electrons. The Morgan fingerprint density at radius 2 is 2.00 bits per heavy atom. The molecule has 1 aromatic rings. The van der Waals surface area contributed by atoms with E-state index >= 15 is 0 Å². The summed E-state index contributed by atoms with van der Waals surface area (Å²) in [5.74, 6) is 2.63. The lowest BCUT2D eigenvalue weighted by Crippen LogP contribution is -2.28. The molecule has 0 aliphatic heterocycles. The molecule has 5 heteroatoms. The minimum Gasteiger partial charge on any atom is -0.265 e. The number of sulfonamides is 1. The van der Waals surface area contributed by atoms with Gasteiger partial charge in [0.1, 0.15) is 0 Å². The van der Waals surface area contributed by atoms with E-state index in [0.717, 1.165) is 18.4 Å². The highest BCUT2D eigenvalue weighted by Gasteiger charge is 2.09. The third-order valence-electron chi connectivity index (χ3n) is 2.48. The molecular formula is C13H18N2O2S. The summed E-state index contributed by atoms with van der Waals surface area (Å²) >= 11 is 0. The summed E-state index contributed by atoms with van der Waals surface area (Å²) < 4.78 is 25.9. The fourth-order valence-corrected chi connectivity index (χ4v) is 2.56. The number of pyridine rings is 1. The molecule has 0 fully saturated rings. The van der Waals surface area contributed by atoms with Gasteiger partial charge in [-0.2, -0.15) is 0 Å². The Morgan fingerprint density at radius 1 is 1.28 bits per heavy atom. The van der Waals surface area contributed by atoms with E-state index in [1.165, 1.54) is 0 Å². The van der Waals surface area contributed by atoms with Crippen molar-refractivity contribution in [2.75, 3.05) is 12.3 Å². The molecule has 1 N–H and O–H groups in total. The van der Waals surface area contributed by atoms with E-state index in [2.05, 4.69) is 15.6 Å². The fraction of sp³-hybridized carbons (Fsp3) is 0.462. The first-order chi connectivity index (χ1) is 8.64. The predicted molar refractivity (Wildman–Crippen MR) is 72.4 cm³/mol. The van der Waals surface area contributed by atoms with Crippen molar-refractivity contribution in [1.82, 2.24) is 9.71 Å². The molecule has 0 bridgehead atoms. The van der Waals surface area contributed by atoms with Crippen LogP contribution in [0.5, 0.6) is 0 Å². The maximum atomic E-state index is 11.7. The molecule has 0 radical (unpaired) electrons. The van der Waals surface area contributed by atoms with Crippen molar-refractivity contribution < 1.29 is 8.42 Å². The first-order valence-corrected chi connectivity index (χ1v) is 7.59. The maximum Gasteiger partial charge on any atom is 0.211 e. The molecular weight excluding hydrogens is 248 g/mol. The van der Waals surface area contributed by atoms with Crippen LogP contribution in [0.4, 0.5) is 0 Å². The minimum absolute atomic E-state index is 0.103. The number of nitrogens with zero attached hydrogens (tertiary/aromatic N) is 1. The normalized spacial score (nSPS) is 11.1. The van der Waals surface area contributed by atoms with Crippen molar-refractivity contribution in [1.29, 1.82) is 0 Å². The highest BCUT2D eigenvalue weighted by molar-refractivity contribution is 7.89. The van der Waals surface area contributed by atoms with Gasteiger partial charge in [-0.25, -0.2) is 13.1 Å². The third-order valence-corrected chi connectivity index (χ3v) is 3.86. The van der Waals surface area contributed by atoms with Crippen molar-refractivity contribution in [2.24, 2.45) is 0 Å². The first kappa shape index (κ1) is 14.7. The summed E-state index contributed by atoms with van der Waals surface area (Å²) in [4.78, 5) is 3.89. The van der Waals surface area contributed by atoms with Gasteiger partial charge in [0.05, 0.1) is 5.75 Å². The second-order valence-corrected chi connectivity index (χ2v) is 5.91. The van der Waals surface area contributed by atoms with Crippen molar-refractivity contribution in [3.63, 3.8) is 0 Å². The molecule has 4 nitrogen and oxygen atoms in total. The van der Waals surface area contributed by atoms with Crippen LogP contribution in [-0.2, 0) is 16.4 Å². The highest BCUT2D eigenvalue weighted by atomic mass is 32.2. The quantitative estimate of drug-likeness (QED) is 0.571. The van der Waals surface area contributed by atoms with Gasteiger partial charge in [0.15, 0.2) is 0 Å². The van der Waals surface area contributed by atoms with Crippen molar-refractivity contribution in [2.45, 2.75) is 25.7 Å². The van der Waals surface area contributed by atoms with Crippen LogP contribution in [0.15, 0.2) is 24.5 Å². The van der Waals surface area contributed by atoms with E-state index in [9.17, 15) is 8.42 Å². The average Bonchev–Trinajstić information content (AvgIpc) is 2.38. The van der Waals surface area contributed by atoms with Gasteiger partial charge in [-0.1, -0.05) is 0 Å². The number of hydrogen-bond donors (Lipinski definition) is 1. The zero-order valence-corrected chi connectivity index (χ0v) is 11.1. The summed E-state index contributed by atoms with van der Waals surface area (Å²) in [5, 5.41) is 0. The topological polar surface area (TPSA) is 59.1 Å². The Kier molecular flexibility index (Phi) is 6.40. The smallest absolute Gasteiger partial charge is 0.211 e. The van der Waals surface area contributed by atoms with Gasteiger partial charge >= 0.3 is 0 Å². The van der Waals surface area contributed by atoms with Crippen molar-refractivity contribution in [3.05, 3.63) is 30.1 Å². The molecule has 0 saturated carbocycles. The minimum atomic E-state index is -3.19. The Bertz CT molecular complexity index is 477. The first-order valence-electron chi connectivity index (χ1n) is 5.94. The summed E-state index contributed by atoms with van der Waals surface area (Å²) in [5.41, 5.74) is 0.975. The number of aromatic nitrogens is 1. The maximum absolute atomic E-state index is 11.7. The number of nitrogens with one attached hydrogen (secondary N) is 1. The Hall–Kier alpha value is -1.38. The van der Waals surface area contributed by atoms with E-state index < -0.39 is 10.0 Å². The summed E-state index contributed by atoms with van der Waals surface area (Å²) in [6.07, 6.45) is 11.3. The van der Waals surface area contributed by atoms with Crippen molar-refractivity contribution >= 4 is 10.0 Å². The Balaban J connectivity index is 2.26. The zero-order valence-electron chi connectivity index (χ0n) is 10.3. The molecule has 0 unspecified atom stereocenters. The Morgan fingerprint density at radius 3 is 2.67 bits per heavy atom.